The fraction of sp³-hybridized carbons (Fsp3) is 0.917. The summed E-state index contributed by atoms with van der Waals surface area (Å²) in [5, 5.41) is 3.30. The number of nitrogens with one attached hydrogen (secondary N) is 1. The SMILES string of the molecule is CCOC(=O)C1CNCC1C1CCCOC1. The van der Waals surface area contributed by atoms with Gasteiger partial charge in [0.25, 0.3) is 0 Å². The highest BCUT2D eigenvalue weighted by Crippen LogP contribution is 2.31. The van der Waals surface area contributed by atoms with E-state index in [-0.39, 0.29) is 11.9 Å². The van der Waals surface area contributed by atoms with Crippen molar-refractivity contribution in [3.63, 3.8) is 0 Å². The van der Waals surface area contributed by atoms with E-state index < -0.39 is 0 Å². The van der Waals surface area contributed by atoms with Crippen molar-refractivity contribution in [2.45, 2.75) is 19.8 Å². The molecular weight excluding hydrogens is 206 g/mol. The molecule has 4 heteroatoms. The third-order valence-corrected chi connectivity index (χ3v) is 3.65. The van der Waals surface area contributed by atoms with Crippen molar-refractivity contribution in [3.8, 4) is 0 Å². The number of rotatable bonds is 3. The normalized spacial score (nSPS) is 34.9. The van der Waals surface area contributed by atoms with Crippen molar-refractivity contribution in [2.24, 2.45) is 17.8 Å². The van der Waals surface area contributed by atoms with E-state index in [0.717, 1.165) is 32.7 Å². The average molecular weight is 227 g/mol. The predicted molar refractivity (Wildman–Crippen MR) is 60.0 cm³/mol. The maximum absolute atomic E-state index is 11.8. The Kier molecular flexibility index (Phi) is 4.18. The highest BCUT2D eigenvalue weighted by atomic mass is 16.5. The van der Waals surface area contributed by atoms with Gasteiger partial charge < -0.3 is 14.8 Å². The van der Waals surface area contributed by atoms with Crippen LogP contribution in [0.2, 0.25) is 0 Å². The molecular formula is C12H21NO3. The first-order valence-electron chi connectivity index (χ1n) is 6.28. The van der Waals surface area contributed by atoms with Gasteiger partial charge >= 0.3 is 5.97 Å². The van der Waals surface area contributed by atoms with Gasteiger partial charge in [0.15, 0.2) is 0 Å². The van der Waals surface area contributed by atoms with Crippen LogP contribution in [0.1, 0.15) is 19.8 Å². The Morgan fingerprint density at radius 1 is 1.50 bits per heavy atom. The van der Waals surface area contributed by atoms with Gasteiger partial charge in [0.2, 0.25) is 0 Å². The minimum atomic E-state index is -0.0388. The lowest BCUT2D eigenvalue weighted by Crippen LogP contribution is -2.34. The van der Waals surface area contributed by atoms with Gasteiger partial charge in [0, 0.05) is 19.8 Å². The second kappa shape index (κ2) is 5.64. The molecule has 0 aliphatic carbocycles. The third-order valence-electron chi connectivity index (χ3n) is 3.65. The molecule has 0 spiro atoms. The van der Waals surface area contributed by atoms with Crippen molar-refractivity contribution in [1.29, 1.82) is 0 Å². The van der Waals surface area contributed by atoms with Crippen molar-refractivity contribution in [1.82, 2.24) is 5.32 Å². The average Bonchev–Trinajstić information content (AvgIpc) is 2.79. The number of carbonyl (C=O) groups is 1. The van der Waals surface area contributed by atoms with Crippen molar-refractivity contribution in [2.75, 3.05) is 32.9 Å². The Hall–Kier alpha value is -0.610. The van der Waals surface area contributed by atoms with Gasteiger partial charge in [-0.2, -0.15) is 0 Å². The molecule has 2 fully saturated rings. The number of hydrogen-bond donors (Lipinski definition) is 1. The van der Waals surface area contributed by atoms with Crippen LogP contribution < -0.4 is 5.32 Å². The summed E-state index contributed by atoms with van der Waals surface area (Å²) in [4.78, 5) is 11.8. The summed E-state index contributed by atoms with van der Waals surface area (Å²) in [5.41, 5.74) is 0. The summed E-state index contributed by atoms with van der Waals surface area (Å²) in [7, 11) is 0. The molecule has 0 saturated carbocycles. The monoisotopic (exact) mass is 227 g/mol. The van der Waals surface area contributed by atoms with Crippen LogP contribution >= 0.6 is 0 Å². The van der Waals surface area contributed by atoms with Gasteiger partial charge in [0.1, 0.15) is 0 Å². The molecule has 0 aromatic rings. The lowest BCUT2D eigenvalue weighted by atomic mass is 9.81. The van der Waals surface area contributed by atoms with Crippen molar-refractivity contribution in [3.05, 3.63) is 0 Å². The van der Waals surface area contributed by atoms with E-state index in [1.807, 2.05) is 6.92 Å². The van der Waals surface area contributed by atoms with Crippen LogP contribution in [0.15, 0.2) is 0 Å². The smallest absolute Gasteiger partial charge is 0.310 e. The molecule has 1 N–H and O–H groups in total. The second-order valence-corrected chi connectivity index (χ2v) is 4.66. The van der Waals surface area contributed by atoms with Gasteiger partial charge in [-0.25, -0.2) is 0 Å². The van der Waals surface area contributed by atoms with E-state index in [1.54, 1.807) is 0 Å². The fourth-order valence-electron chi connectivity index (χ4n) is 2.81. The molecule has 2 heterocycles. The molecule has 2 rings (SSSR count). The van der Waals surface area contributed by atoms with Gasteiger partial charge in [-0.3, -0.25) is 4.79 Å². The Morgan fingerprint density at radius 3 is 3.06 bits per heavy atom. The second-order valence-electron chi connectivity index (χ2n) is 4.66. The third kappa shape index (κ3) is 2.55. The Bertz CT molecular complexity index is 238. The van der Waals surface area contributed by atoms with Crippen LogP contribution in [0, 0.1) is 17.8 Å². The molecule has 2 saturated heterocycles. The first-order valence-corrected chi connectivity index (χ1v) is 6.28. The van der Waals surface area contributed by atoms with E-state index in [4.69, 9.17) is 9.47 Å². The molecule has 2 aliphatic rings. The molecule has 0 aromatic heterocycles. The summed E-state index contributed by atoms with van der Waals surface area (Å²) in [5.74, 6) is 0.923. The highest BCUT2D eigenvalue weighted by Gasteiger charge is 2.39. The summed E-state index contributed by atoms with van der Waals surface area (Å²) in [6.45, 7) is 5.71. The summed E-state index contributed by atoms with van der Waals surface area (Å²) in [6, 6.07) is 0. The summed E-state index contributed by atoms with van der Waals surface area (Å²) < 4.78 is 10.6. The zero-order valence-electron chi connectivity index (χ0n) is 9.91. The van der Waals surface area contributed by atoms with Gasteiger partial charge in [-0.1, -0.05) is 0 Å². The standard InChI is InChI=1S/C12H21NO3/c1-2-16-12(14)11-7-13-6-10(11)9-4-3-5-15-8-9/h9-11,13H,2-8H2,1H3. The molecule has 16 heavy (non-hydrogen) atoms. The molecule has 3 unspecified atom stereocenters. The lowest BCUT2D eigenvalue weighted by molar-refractivity contribution is -0.149. The molecule has 0 bridgehead atoms. The Balaban J connectivity index is 1.93. The van der Waals surface area contributed by atoms with Crippen molar-refractivity contribution < 1.29 is 14.3 Å². The van der Waals surface area contributed by atoms with E-state index >= 15 is 0 Å². The van der Waals surface area contributed by atoms with E-state index in [1.165, 1.54) is 6.42 Å². The zero-order valence-corrected chi connectivity index (χ0v) is 9.91. The number of hydrogen-bond acceptors (Lipinski definition) is 4. The zero-order chi connectivity index (χ0) is 11.4. The Morgan fingerprint density at radius 2 is 2.38 bits per heavy atom. The fourth-order valence-corrected chi connectivity index (χ4v) is 2.81. The van der Waals surface area contributed by atoms with Crippen LogP contribution in [0.4, 0.5) is 0 Å². The van der Waals surface area contributed by atoms with Crippen LogP contribution in [-0.2, 0) is 14.3 Å². The Labute approximate surface area is 96.7 Å². The van der Waals surface area contributed by atoms with Crippen molar-refractivity contribution >= 4 is 5.97 Å². The molecule has 0 amide bonds. The minimum Gasteiger partial charge on any atom is -0.466 e. The number of esters is 1. The van der Waals surface area contributed by atoms with E-state index in [0.29, 0.717) is 18.4 Å². The highest BCUT2D eigenvalue weighted by molar-refractivity contribution is 5.73. The first-order chi connectivity index (χ1) is 7.83. The van der Waals surface area contributed by atoms with Gasteiger partial charge in [-0.15, -0.1) is 0 Å². The van der Waals surface area contributed by atoms with Gasteiger partial charge in [-0.05, 0) is 38.1 Å². The lowest BCUT2D eigenvalue weighted by Gasteiger charge is -2.29. The molecule has 3 atom stereocenters. The molecule has 2 aliphatic heterocycles. The van der Waals surface area contributed by atoms with Crippen LogP contribution in [0.3, 0.4) is 0 Å². The summed E-state index contributed by atoms with van der Waals surface area (Å²) in [6.07, 6.45) is 2.30. The van der Waals surface area contributed by atoms with Crippen LogP contribution in [0.5, 0.6) is 0 Å². The number of ether oxygens (including phenoxy) is 2. The minimum absolute atomic E-state index is 0.0339. The number of carbonyl (C=O) groups excluding carboxylic acids is 1. The van der Waals surface area contributed by atoms with E-state index in [9.17, 15) is 4.79 Å². The maximum atomic E-state index is 11.8. The van der Waals surface area contributed by atoms with E-state index in [2.05, 4.69) is 5.32 Å². The predicted octanol–water partition coefficient (Wildman–Crippen LogP) is 0.812. The topological polar surface area (TPSA) is 47.6 Å². The first kappa shape index (κ1) is 11.9. The maximum Gasteiger partial charge on any atom is 0.310 e. The largest absolute Gasteiger partial charge is 0.466 e. The van der Waals surface area contributed by atoms with Crippen LogP contribution in [-0.4, -0.2) is 38.9 Å². The van der Waals surface area contributed by atoms with Gasteiger partial charge in [0.05, 0.1) is 12.5 Å². The summed E-state index contributed by atoms with van der Waals surface area (Å²) >= 11 is 0. The molecule has 0 radical (unpaired) electrons. The van der Waals surface area contributed by atoms with Crippen LogP contribution in [0.25, 0.3) is 0 Å². The molecule has 92 valence electrons. The quantitative estimate of drug-likeness (QED) is 0.725. The molecule has 0 aromatic carbocycles. The molecule has 4 nitrogen and oxygen atoms in total.